The molecule has 1 aromatic heterocycles. The van der Waals surface area contributed by atoms with Gasteiger partial charge in [-0.1, -0.05) is 19.3 Å². The van der Waals surface area contributed by atoms with E-state index in [1.54, 1.807) is 0 Å². The molecule has 7 rings (SSSR count). The Balaban J connectivity index is 1.23. The molecular formula is C25H37N3O. The predicted octanol–water partition coefficient (Wildman–Crippen LogP) is 5.21. The largest absolute Gasteiger partial charge is 0.350 e. The zero-order valence-corrected chi connectivity index (χ0v) is 17.9. The van der Waals surface area contributed by atoms with Crippen LogP contribution in [-0.2, 0) is 12.8 Å². The van der Waals surface area contributed by atoms with Gasteiger partial charge in [0.2, 0.25) is 0 Å². The van der Waals surface area contributed by atoms with E-state index in [4.69, 9.17) is 5.10 Å². The molecule has 0 unspecified atom stereocenters. The number of carbonyl (C=O) groups is 1. The second kappa shape index (κ2) is 7.13. The Labute approximate surface area is 175 Å². The molecule has 5 saturated carbocycles. The summed E-state index contributed by atoms with van der Waals surface area (Å²) in [6.07, 6.45) is 19.5. The van der Waals surface area contributed by atoms with Crippen molar-refractivity contribution >= 4 is 5.91 Å². The van der Waals surface area contributed by atoms with E-state index in [1.165, 1.54) is 94.7 Å². The lowest BCUT2D eigenvalue weighted by molar-refractivity contribution is -0.0503. The molecule has 0 atom stereocenters. The zero-order chi connectivity index (χ0) is 19.4. The minimum atomic E-state index is 0.121. The molecule has 158 valence electrons. The Kier molecular flexibility index (Phi) is 4.54. The summed E-state index contributed by atoms with van der Waals surface area (Å²) >= 11 is 0. The lowest BCUT2D eigenvalue weighted by atomic mass is 9.49. The Morgan fingerprint density at radius 1 is 0.931 bits per heavy atom. The number of hydrogen-bond donors (Lipinski definition) is 1. The number of fused-ring (bicyclic) bond motifs is 1. The molecule has 6 aliphatic rings. The van der Waals surface area contributed by atoms with Gasteiger partial charge < -0.3 is 5.32 Å². The van der Waals surface area contributed by atoms with Crippen molar-refractivity contribution in [2.45, 2.75) is 102 Å². The summed E-state index contributed by atoms with van der Waals surface area (Å²) in [4.78, 5) is 13.4. The van der Waals surface area contributed by atoms with Gasteiger partial charge in [-0.25, -0.2) is 0 Å². The van der Waals surface area contributed by atoms with Crippen LogP contribution in [0.5, 0.6) is 0 Å². The lowest BCUT2D eigenvalue weighted by Crippen LogP contribution is -2.51. The van der Waals surface area contributed by atoms with Gasteiger partial charge in [-0.15, -0.1) is 0 Å². The predicted molar refractivity (Wildman–Crippen MR) is 114 cm³/mol. The van der Waals surface area contributed by atoms with Crippen molar-refractivity contribution in [3.8, 4) is 0 Å². The molecule has 1 amide bonds. The first-order chi connectivity index (χ1) is 14.2. The van der Waals surface area contributed by atoms with Crippen LogP contribution >= 0.6 is 0 Å². The maximum atomic E-state index is 13.4. The van der Waals surface area contributed by atoms with E-state index in [9.17, 15) is 4.79 Å². The van der Waals surface area contributed by atoms with Crippen molar-refractivity contribution in [1.82, 2.24) is 15.1 Å². The number of carbonyl (C=O) groups excluding carboxylic acids is 1. The second-order valence-corrected chi connectivity index (χ2v) is 11.3. The van der Waals surface area contributed by atoms with Crippen LogP contribution in [0.1, 0.15) is 111 Å². The molecule has 0 spiro atoms. The first-order valence-electron chi connectivity index (χ1n) is 12.6. The van der Waals surface area contributed by atoms with Gasteiger partial charge >= 0.3 is 0 Å². The van der Waals surface area contributed by atoms with Crippen LogP contribution in [0.4, 0.5) is 0 Å². The highest BCUT2D eigenvalue weighted by molar-refractivity contribution is 5.94. The van der Waals surface area contributed by atoms with Crippen LogP contribution in [-0.4, -0.2) is 22.2 Å². The fourth-order valence-corrected chi connectivity index (χ4v) is 8.29. The molecule has 0 radical (unpaired) electrons. The second-order valence-electron chi connectivity index (χ2n) is 11.3. The van der Waals surface area contributed by atoms with Gasteiger partial charge in [-0.05, 0) is 100 Å². The summed E-state index contributed by atoms with van der Waals surface area (Å²) in [6, 6.07) is 0.534. The lowest BCUT2D eigenvalue weighted by Gasteiger charge is -2.56. The zero-order valence-electron chi connectivity index (χ0n) is 17.9. The van der Waals surface area contributed by atoms with E-state index >= 15 is 0 Å². The summed E-state index contributed by atoms with van der Waals surface area (Å²) in [5.41, 5.74) is 3.86. The van der Waals surface area contributed by atoms with Gasteiger partial charge in [0.1, 0.15) is 0 Å². The van der Waals surface area contributed by atoms with Gasteiger partial charge in [0.25, 0.3) is 5.91 Å². The molecule has 6 aliphatic carbocycles. The molecule has 1 heterocycles. The highest BCUT2D eigenvalue weighted by atomic mass is 16.2. The summed E-state index contributed by atoms with van der Waals surface area (Å²) in [7, 11) is 0. The SMILES string of the molecule is O=C(NCC12CC3CC(CC(C3)C1)C2)c1nn(C2CCCC2)c2c1CCCCC2. The smallest absolute Gasteiger partial charge is 0.272 e. The average Bonchev–Trinajstić information content (AvgIpc) is 3.27. The molecule has 1 aromatic rings. The van der Waals surface area contributed by atoms with Crippen LogP contribution in [0.3, 0.4) is 0 Å². The normalized spacial score (nSPS) is 36.2. The average molecular weight is 396 g/mol. The Hall–Kier alpha value is -1.32. The molecule has 0 aliphatic heterocycles. The molecule has 4 heteroatoms. The summed E-state index contributed by atoms with van der Waals surface area (Å²) < 4.78 is 2.30. The van der Waals surface area contributed by atoms with Gasteiger partial charge in [0.15, 0.2) is 5.69 Å². The van der Waals surface area contributed by atoms with E-state index in [-0.39, 0.29) is 5.91 Å². The van der Waals surface area contributed by atoms with Gasteiger partial charge in [0, 0.05) is 17.8 Å². The maximum absolute atomic E-state index is 13.4. The third kappa shape index (κ3) is 3.25. The van der Waals surface area contributed by atoms with Gasteiger partial charge in [0.05, 0.1) is 6.04 Å². The van der Waals surface area contributed by atoms with Gasteiger partial charge in [-0.2, -0.15) is 5.10 Å². The maximum Gasteiger partial charge on any atom is 0.272 e. The van der Waals surface area contributed by atoms with Crippen molar-refractivity contribution < 1.29 is 4.79 Å². The molecule has 29 heavy (non-hydrogen) atoms. The van der Waals surface area contributed by atoms with Crippen molar-refractivity contribution in [3.63, 3.8) is 0 Å². The Morgan fingerprint density at radius 2 is 1.59 bits per heavy atom. The van der Waals surface area contributed by atoms with Crippen molar-refractivity contribution in [3.05, 3.63) is 17.0 Å². The highest BCUT2D eigenvalue weighted by Crippen LogP contribution is 2.59. The van der Waals surface area contributed by atoms with Gasteiger partial charge in [-0.3, -0.25) is 9.48 Å². The van der Waals surface area contributed by atoms with Crippen molar-refractivity contribution in [2.75, 3.05) is 6.54 Å². The van der Waals surface area contributed by atoms with Crippen LogP contribution in [0.15, 0.2) is 0 Å². The fraction of sp³-hybridized carbons (Fsp3) is 0.840. The van der Waals surface area contributed by atoms with Crippen LogP contribution < -0.4 is 5.32 Å². The number of nitrogens with zero attached hydrogens (tertiary/aromatic N) is 2. The molecule has 5 fully saturated rings. The third-order valence-corrected chi connectivity index (χ3v) is 9.13. The fourth-order valence-electron chi connectivity index (χ4n) is 8.29. The van der Waals surface area contributed by atoms with E-state index in [0.29, 0.717) is 11.5 Å². The molecule has 0 aromatic carbocycles. The molecule has 4 bridgehead atoms. The topological polar surface area (TPSA) is 46.9 Å². The van der Waals surface area contributed by atoms with Crippen LogP contribution in [0.2, 0.25) is 0 Å². The number of aromatic nitrogens is 2. The van der Waals surface area contributed by atoms with E-state index in [1.807, 2.05) is 0 Å². The number of nitrogens with one attached hydrogen (secondary N) is 1. The minimum Gasteiger partial charge on any atom is -0.350 e. The Bertz CT molecular complexity index is 753. The highest BCUT2D eigenvalue weighted by Gasteiger charge is 2.50. The summed E-state index contributed by atoms with van der Waals surface area (Å²) in [5.74, 6) is 2.94. The first-order valence-corrected chi connectivity index (χ1v) is 12.6. The summed E-state index contributed by atoms with van der Waals surface area (Å²) in [6.45, 7) is 0.889. The standard InChI is InChI=1S/C25H37N3O/c29-24(26-16-25-13-17-10-18(14-25)12-19(11-17)15-25)23-21-8-2-1-3-9-22(21)28(27-23)20-6-4-5-7-20/h17-20H,1-16H2,(H,26,29). The van der Waals surface area contributed by atoms with E-state index < -0.39 is 0 Å². The summed E-state index contributed by atoms with van der Waals surface area (Å²) in [5, 5.41) is 8.40. The molecule has 0 saturated heterocycles. The quantitative estimate of drug-likeness (QED) is 0.711. The van der Waals surface area contributed by atoms with E-state index in [0.717, 1.165) is 42.8 Å². The van der Waals surface area contributed by atoms with Crippen LogP contribution in [0.25, 0.3) is 0 Å². The Morgan fingerprint density at radius 3 is 2.28 bits per heavy atom. The molecular weight excluding hydrogens is 358 g/mol. The van der Waals surface area contributed by atoms with Crippen molar-refractivity contribution in [1.29, 1.82) is 0 Å². The van der Waals surface area contributed by atoms with Crippen LogP contribution in [0, 0.1) is 23.2 Å². The third-order valence-electron chi connectivity index (χ3n) is 9.13. The minimum absolute atomic E-state index is 0.121. The molecule has 1 N–H and O–H groups in total. The number of amides is 1. The van der Waals surface area contributed by atoms with Crippen molar-refractivity contribution in [2.24, 2.45) is 23.2 Å². The molecule has 4 nitrogen and oxygen atoms in total. The first kappa shape index (κ1) is 18.4. The van der Waals surface area contributed by atoms with E-state index in [2.05, 4.69) is 10.00 Å². The monoisotopic (exact) mass is 395 g/mol. The number of rotatable bonds is 4. The number of hydrogen-bond acceptors (Lipinski definition) is 2.